The molecule has 3 unspecified atom stereocenters. The Kier molecular flexibility index (Phi) is 55.4. The number of rotatable bonds is 56. The summed E-state index contributed by atoms with van der Waals surface area (Å²) in [5, 5.41) is 33.5. The van der Waals surface area contributed by atoms with Crippen LogP contribution in [0.5, 0.6) is 0 Å². The van der Waals surface area contributed by atoms with Gasteiger partial charge in [-0.3, -0.25) is 4.79 Å². The van der Waals surface area contributed by atoms with Gasteiger partial charge >= 0.3 is 0 Å². The molecule has 0 aliphatic rings. The van der Waals surface area contributed by atoms with Crippen LogP contribution in [0.4, 0.5) is 0 Å². The SMILES string of the molecule is CCCCCCCCCCCCCC/C=C\CCCCCCCCCCCCCC(O)CC(=O)NC(CO)C(O)/C=C/CCCCCCCCCCCCCCCCCCCCCCCC. The van der Waals surface area contributed by atoms with E-state index in [0.717, 1.165) is 25.7 Å². The number of hydrogen-bond acceptors (Lipinski definition) is 4. The summed E-state index contributed by atoms with van der Waals surface area (Å²) in [5.41, 5.74) is 0. The number of carbonyl (C=O) groups excluding carboxylic acids is 1. The molecule has 0 bridgehead atoms. The molecule has 0 radical (unpaired) electrons. The van der Waals surface area contributed by atoms with E-state index in [1.165, 1.54) is 283 Å². The molecule has 66 heavy (non-hydrogen) atoms. The van der Waals surface area contributed by atoms with Crippen LogP contribution in [0, 0.1) is 0 Å². The van der Waals surface area contributed by atoms with Crippen molar-refractivity contribution >= 4 is 5.91 Å². The van der Waals surface area contributed by atoms with Gasteiger partial charge in [-0.1, -0.05) is 308 Å². The monoisotopic (exact) mass is 930 g/mol. The Morgan fingerprint density at radius 3 is 0.924 bits per heavy atom. The topological polar surface area (TPSA) is 89.8 Å². The highest BCUT2D eigenvalue weighted by Crippen LogP contribution is 2.18. The van der Waals surface area contributed by atoms with E-state index in [4.69, 9.17) is 0 Å². The molecular formula is C61H119NO4. The summed E-state index contributed by atoms with van der Waals surface area (Å²) in [4.78, 5) is 12.5. The minimum absolute atomic E-state index is 0.0160. The number of amides is 1. The third-order valence-corrected chi connectivity index (χ3v) is 14.2. The highest BCUT2D eigenvalue weighted by Gasteiger charge is 2.20. The van der Waals surface area contributed by atoms with Crippen molar-refractivity contribution in [1.29, 1.82) is 0 Å². The van der Waals surface area contributed by atoms with E-state index in [-0.39, 0.29) is 18.9 Å². The maximum Gasteiger partial charge on any atom is 0.222 e. The number of aliphatic hydroxyl groups is 3. The number of aliphatic hydroxyl groups excluding tert-OH is 3. The average molecular weight is 931 g/mol. The molecule has 0 heterocycles. The second-order valence-corrected chi connectivity index (χ2v) is 21.0. The van der Waals surface area contributed by atoms with Crippen molar-refractivity contribution in [2.45, 2.75) is 353 Å². The molecule has 0 aromatic heterocycles. The lowest BCUT2D eigenvalue weighted by molar-refractivity contribution is -0.124. The van der Waals surface area contributed by atoms with Gasteiger partial charge in [-0.25, -0.2) is 0 Å². The van der Waals surface area contributed by atoms with Gasteiger partial charge in [0.1, 0.15) is 0 Å². The predicted octanol–water partition coefficient (Wildman–Crippen LogP) is 18.8. The van der Waals surface area contributed by atoms with Gasteiger partial charge in [0.15, 0.2) is 0 Å². The van der Waals surface area contributed by atoms with Crippen LogP contribution in [0.1, 0.15) is 335 Å². The number of allylic oxidation sites excluding steroid dienone is 3. The van der Waals surface area contributed by atoms with Crippen molar-refractivity contribution < 1.29 is 20.1 Å². The van der Waals surface area contributed by atoms with E-state index in [9.17, 15) is 20.1 Å². The number of carbonyl (C=O) groups is 1. The van der Waals surface area contributed by atoms with Crippen molar-refractivity contribution in [3.63, 3.8) is 0 Å². The fraction of sp³-hybridized carbons (Fsp3) is 0.918. The molecule has 0 spiro atoms. The molecule has 3 atom stereocenters. The van der Waals surface area contributed by atoms with Crippen LogP contribution in [-0.4, -0.2) is 46.1 Å². The lowest BCUT2D eigenvalue weighted by Crippen LogP contribution is -2.45. The van der Waals surface area contributed by atoms with Gasteiger partial charge < -0.3 is 20.6 Å². The molecule has 5 heteroatoms. The molecule has 5 nitrogen and oxygen atoms in total. The first-order valence-electron chi connectivity index (χ1n) is 30.1. The molecule has 1 amide bonds. The zero-order valence-corrected chi connectivity index (χ0v) is 44.9. The smallest absolute Gasteiger partial charge is 0.222 e. The van der Waals surface area contributed by atoms with Gasteiger partial charge in [-0.15, -0.1) is 0 Å². The van der Waals surface area contributed by atoms with Gasteiger partial charge in [-0.2, -0.15) is 0 Å². The molecule has 0 rings (SSSR count). The van der Waals surface area contributed by atoms with E-state index >= 15 is 0 Å². The largest absolute Gasteiger partial charge is 0.394 e. The van der Waals surface area contributed by atoms with E-state index in [2.05, 4.69) is 31.3 Å². The first-order chi connectivity index (χ1) is 32.5. The van der Waals surface area contributed by atoms with Gasteiger partial charge in [0.05, 0.1) is 31.3 Å². The predicted molar refractivity (Wildman–Crippen MR) is 292 cm³/mol. The van der Waals surface area contributed by atoms with E-state index in [0.29, 0.717) is 6.42 Å². The summed E-state index contributed by atoms with van der Waals surface area (Å²) in [5.74, 6) is -0.310. The zero-order chi connectivity index (χ0) is 47.9. The summed E-state index contributed by atoms with van der Waals surface area (Å²) < 4.78 is 0. The molecule has 4 N–H and O–H groups in total. The lowest BCUT2D eigenvalue weighted by Gasteiger charge is -2.21. The summed E-state index contributed by atoms with van der Waals surface area (Å²) in [7, 11) is 0. The normalized spacial score (nSPS) is 13.3. The molecule has 0 saturated heterocycles. The van der Waals surface area contributed by atoms with Crippen LogP contribution in [0.3, 0.4) is 0 Å². The molecule has 0 aliphatic heterocycles. The third kappa shape index (κ3) is 52.2. The fourth-order valence-corrected chi connectivity index (χ4v) is 9.63. The summed E-state index contributed by atoms with van der Waals surface area (Å²) in [6.07, 6.45) is 72.4. The number of unbranched alkanes of at least 4 members (excludes halogenated alkanes) is 45. The minimum Gasteiger partial charge on any atom is -0.394 e. The Morgan fingerprint density at radius 2 is 0.636 bits per heavy atom. The molecular weight excluding hydrogens is 811 g/mol. The van der Waals surface area contributed by atoms with Crippen LogP contribution in [-0.2, 0) is 4.79 Å². The molecule has 0 saturated carbocycles. The van der Waals surface area contributed by atoms with Gasteiger partial charge in [-0.05, 0) is 44.9 Å². The van der Waals surface area contributed by atoms with E-state index in [1.54, 1.807) is 6.08 Å². The molecule has 0 fully saturated rings. The Morgan fingerprint density at radius 1 is 0.379 bits per heavy atom. The molecule has 392 valence electrons. The number of hydrogen-bond donors (Lipinski definition) is 4. The van der Waals surface area contributed by atoms with Gasteiger partial charge in [0.2, 0.25) is 5.91 Å². The summed E-state index contributed by atoms with van der Waals surface area (Å²) in [6.45, 7) is 4.26. The molecule has 0 aromatic rings. The summed E-state index contributed by atoms with van der Waals surface area (Å²) >= 11 is 0. The fourth-order valence-electron chi connectivity index (χ4n) is 9.63. The Labute approximate surface area is 413 Å². The second kappa shape index (κ2) is 56.4. The van der Waals surface area contributed by atoms with Crippen LogP contribution in [0.2, 0.25) is 0 Å². The molecule has 0 aliphatic carbocycles. The van der Waals surface area contributed by atoms with Crippen LogP contribution in [0.15, 0.2) is 24.3 Å². The van der Waals surface area contributed by atoms with Crippen LogP contribution < -0.4 is 5.32 Å². The second-order valence-electron chi connectivity index (χ2n) is 21.0. The minimum atomic E-state index is -0.929. The average Bonchev–Trinajstić information content (AvgIpc) is 3.31. The van der Waals surface area contributed by atoms with Crippen LogP contribution in [0.25, 0.3) is 0 Å². The highest BCUT2D eigenvalue weighted by atomic mass is 16.3. The van der Waals surface area contributed by atoms with Crippen molar-refractivity contribution in [2.24, 2.45) is 0 Å². The Balaban J connectivity index is 3.54. The summed E-state index contributed by atoms with van der Waals surface area (Å²) in [6, 6.07) is -0.744. The maximum absolute atomic E-state index is 12.5. The Hall–Kier alpha value is -1.17. The first kappa shape index (κ1) is 64.8. The van der Waals surface area contributed by atoms with Crippen molar-refractivity contribution in [3.05, 3.63) is 24.3 Å². The quantitative estimate of drug-likeness (QED) is 0.0361. The maximum atomic E-state index is 12.5. The standard InChI is InChI=1S/C61H119NO4/c1-3-5-7-9-11-13-15-17-19-21-23-25-27-29-30-31-32-34-36-38-40-42-44-46-48-50-52-54-58(64)56-61(66)62-59(57-63)60(65)55-53-51-49-47-45-43-41-39-37-35-33-28-26-24-22-20-18-16-14-12-10-8-6-4-2/h29-30,53,55,58-60,63-65H,3-28,31-52,54,56-57H2,1-2H3,(H,62,66)/b30-29-,55-53+. The van der Waals surface area contributed by atoms with E-state index < -0.39 is 18.2 Å². The molecule has 0 aromatic carbocycles. The van der Waals surface area contributed by atoms with Crippen molar-refractivity contribution in [3.8, 4) is 0 Å². The van der Waals surface area contributed by atoms with Gasteiger partial charge in [0.25, 0.3) is 0 Å². The lowest BCUT2D eigenvalue weighted by atomic mass is 10.0. The van der Waals surface area contributed by atoms with Crippen molar-refractivity contribution in [2.75, 3.05) is 6.61 Å². The Bertz CT molecular complexity index is 982. The zero-order valence-electron chi connectivity index (χ0n) is 44.9. The third-order valence-electron chi connectivity index (χ3n) is 14.2. The highest BCUT2D eigenvalue weighted by molar-refractivity contribution is 5.76. The van der Waals surface area contributed by atoms with Crippen LogP contribution >= 0.6 is 0 Å². The van der Waals surface area contributed by atoms with E-state index in [1.807, 2.05) is 6.08 Å². The van der Waals surface area contributed by atoms with Gasteiger partial charge in [0, 0.05) is 0 Å². The first-order valence-corrected chi connectivity index (χ1v) is 30.1. The van der Waals surface area contributed by atoms with Crippen molar-refractivity contribution in [1.82, 2.24) is 5.32 Å². The number of nitrogens with one attached hydrogen (secondary N) is 1.